The molecule has 1 aliphatic rings. The molecule has 104 valence electrons. The molecule has 1 heterocycles. The Morgan fingerprint density at radius 2 is 2.32 bits per heavy atom. The molecule has 1 saturated carbocycles. The lowest BCUT2D eigenvalue weighted by Gasteiger charge is -2.38. The molecule has 0 amide bonds. The third-order valence-corrected chi connectivity index (χ3v) is 3.43. The van der Waals surface area contributed by atoms with E-state index in [4.69, 9.17) is 16.0 Å². The van der Waals surface area contributed by atoms with Gasteiger partial charge in [0.15, 0.2) is 11.7 Å². The molecule has 2 rings (SSSR count). The molecule has 1 aromatic heterocycles. The van der Waals surface area contributed by atoms with Crippen molar-refractivity contribution in [2.45, 2.75) is 31.7 Å². The van der Waals surface area contributed by atoms with E-state index in [1.165, 1.54) is 12.6 Å². The lowest BCUT2D eigenvalue weighted by Crippen LogP contribution is -2.42. The van der Waals surface area contributed by atoms with Crippen molar-refractivity contribution in [2.75, 3.05) is 18.1 Å². The summed E-state index contributed by atoms with van der Waals surface area (Å²) in [6.45, 7) is 0.813. The zero-order chi connectivity index (χ0) is 13.7. The van der Waals surface area contributed by atoms with Crippen LogP contribution in [-0.4, -0.2) is 45.5 Å². The second kappa shape index (κ2) is 6.33. The van der Waals surface area contributed by atoms with Gasteiger partial charge in [-0.3, -0.25) is 0 Å². The zero-order valence-corrected chi connectivity index (χ0v) is 10.7. The fourth-order valence-electron chi connectivity index (χ4n) is 2.19. The molecule has 0 radical (unpaired) electrons. The maximum Gasteiger partial charge on any atom is 0.173 e. The summed E-state index contributed by atoms with van der Waals surface area (Å²) in [7, 11) is 0. The van der Waals surface area contributed by atoms with Crippen molar-refractivity contribution < 1.29 is 10.3 Å². The van der Waals surface area contributed by atoms with E-state index in [2.05, 4.69) is 20.3 Å². The van der Waals surface area contributed by atoms with Crippen LogP contribution in [-0.2, 0) is 0 Å². The van der Waals surface area contributed by atoms with Crippen molar-refractivity contribution in [1.82, 2.24) is 10.2 Å². The number of aliphatic hydroxyl groups excluding tert-OH is 1. The Kier molecular flexibility index (Phi) is 4.51. The topological polar surface area (TPSA) is 108 Å². The lowest BCUT2D eigenvalue weighted by molar-refractivity contribution is 0.282. The van der Waals surface area contributed by atoms with Crippen molar-refractivity contribution in [3.63, 3.8) is 0 Å². The minimum Gasteiger partial charge on any atom is -0.409 e. The normalized spacial score (nSPS) is 16.2. The lowest BCUT2D eigenvalue weighted by atomic mass is 9.91. The average Bonchev–Trinajstić information content (AvgIpc) is 2.40. The molecule has 7 nitrogen and oxygen atoms in total. The summed E-state index contributed by atoms with van der Waals surface area (Å²) in [6.07, 6.45) is 5.55. The monoisotopic (exact) mass is 265 g/mol. The molecule has 0 spiro atoms. The average molecular weight is 265 g/mol. The second-order valence-corrected chi connectivity index (χ2v) is 4.61. The Bertz CT molecular complexity index is 448. The Morgan fingerprint density at radius 3 is 2.89 bits per heavy atom. The van der Waals surface area contributed by atoms with Gasteiger partial charge in [-0.15, -0.1) is 5.10 Å². The van der Waals surface area contributed by atoms with Crippen LogP contribution in [0.25, 0.3) is 0 Å². The van der Waals surface area contributed by atoms with Crippen LogP contribution >= 0.6 is 0 Å². The smallest absolute Gasteiger partial charge is 0.173 e. The highest BCUT2D eigenvalue weighted by Crippen LogP contribution is 2.30. The molecule has 1 fully saturated rings. The molecule has 0 aromatic carbocycles. The molecule has 4 N–H and O–H groups in total. The third kappa shape index (κ3) is 2.93. The van der Waals surface area contributed by atoms with Crippen LogP contribution in [0.2, 0.25) is 0 Å². The van der Waals surface area contributed by atoms with E-state index in [-0.39, 0.29) is 12.4 Å². The van der Waals surface area contributed by atoms with Crippen LogP contribution < -0.4 is 10.6 Å². The fourth-order valence-corrected chi connectivity index (χ4v) is 2.19. The van der Waals surface area contributed by atoms with Gasteiger partial charge in [0.2, 0.25) is 0 Å². The fraction of sp³-hybridized carbons (Fsp3) is 0.583. The van der Waals surface area contributed by atoms with Crippen LogP contribution in [0.3, 0.4) is 0 Å². The Labute approximate surface area is 111 Å². The molecule has 0 aliphatic heterocycles. The zero-order valence-electron chi connectivity index (χ0n) is 10.7. The van der Waals surface area contributed by atoms with Crippen LogP contribution in [0.1, 0.15) is 31.2 Å². The molecule has 0 saturated heterocycles. The first-order valence-corrected chi connectivity index (χ1v) is 6.45. The minimum atomic E-state index is 0.0261. The van der Waals surface area contributed by atoms with Gasteiger partial charge >= 0.3 is 0 Å². The molecule has 0 bridgehead atoms. The quantitative estimate of drug-likeness (QED) is 0.296. The SMILES string of the molecule is N/C(=N/O)c1ccnnc1N(CCCO)C1CCC1. The minimum absolute atomic E-state index is 0.0261. The van der Waals surface area contributed by atoms with Gasteiger partial charge in [0.05, 0.1) is 11.8 Å². The number of oxime groups is 1. The maximum atomic E-state index is 9.01. The summed E-state index contributed by atoms with van der Waals surface area (Å²) >= 11 is 0. The first kappa shape index (κ1) is 13.5. The van der Waals surface area contributed by atoms with Crippen molar-refractivity contribution in [3.05, 3.63) is 17.8 Å². The first-order chi connectivity index (χ1) is 9.27. The summed E-state index contributed by atoms with van der Waals surface area (Å²) in [5.74, 6) is 0.647. The van der Waals surface area contributed by atoms with Gasteiger partial charge < -0.3 is 20.9 Å². The molecule has 0 atom stereocenters. The number of hydrogen-bond acceptors (Lipinski definition) is 6. The van der Waals surface area contributed by atoms with Crippen LogP contribution in [0.4, 0.5) is 5.82 Å². The highest BCUT2D eigenvalue weighted by atomic mass is 16.4. The van der Waals surface area contributed by atoms with Crippen molar-refractivity contribution in [3.8, 4) is 0 Å². The molecular weight excluding hydrogens is 246 g/mol. The first-order valence-electron chi connectivity index (χ1n) is 6.45. The molecular formula is C12H19N5O2. The van der Waals surface area contributed by atoms with Gasteiger partial charge in [-0.2, -0.15) is 5.10 Å². The Hall–Kier alpha value is -1.89. The van der Waals surface area contributed by atoms with Gasteiger partial charge in [0.25, 0.3) is 0 Å². The standard InChI is InChI=1S/C12H19N5O2/c13-11(16-19)10-5-6-14-15-12(10)17(7-2-8-18)9-3-1-4-9/h5-6,9,18-19H,1-4,7-8H2,(H2,13,16). The van der Waals surface area contributed by atoms with Gasteiger partial charge in [0, 0.05) is 19.2 Å². The van der Waals surface area contributed by atoms with E-state index in [9.17, 15) is 0 Å². The molecule has 1 aliphatic carbocycles. The van der Waals surface area contributed by atoms with Crippen molar-refractivity contribution >= 4 is 11.7 Å². The highest BCUT2D eigenvalue weighted by Gasteiger charge is 2.28. The van der Waals surface area contributed by atoms with E-state index < -0.39 is 0 Å². The van der Waals surface area contributed by atoms with Crippen LogP contribution in [0.5, 0.6) is 0 Å². The second-order valence-electron chi connectivity index (χ2n) is 4.61. The largest absolute Gasteiger partial charge is 0.409 e. The van der Waals surface area contributed by atoms with E-state index in [1.54, 1.807) is 6.07 Å². The molecule has 7 heteroatoms. The van der Waals surface area contributed by atoms with E-state index in [1.807, 2.05) is 0 Å². The van der Waals surface area contributed by atoms with E-state index in [0.717, 1.165) is 12.8 Å². The molecule has 19 heavy (non-hydrogen) atoms. The molecule has 0 unspecified atom stereocenters. The maximum absolute atomic E-state index is 9.01. The number of aromatic nitrogens is 2. The van der Waals surface area contributed by atoms with Gasteiger partial charge in [0.1, 0.15) is 0 Å². The summed E-state index contributed by atoms with van der Waals surface area (Å²) in [5.41, 5.74) is 6.25. The van der Waals surface area contributed by atoms with Gasteiger partial charge in [-0.05, 0) is 31.7 Å². The predicted molar refractivity (Wildman–Crippen MR) is 71.2 cm³/mol. The van der Waals surface area contributed by atoms with Crippen LogP contribution in [0.15, 0.2) is 17.4 Å². The summed E-state index contributed by atoms with van der Waals surface area (Å²) in [4.78, 5) is 2.10. The number of nitrogens with two attached hydrogens (primary N) is 1. The summed E-state index contributed by atoms with van der Waals surface area (Å²) < 4.78 is 0. The van der Waals surface area contributed by atoms with Gasteiger partial charge in [-0.25, -0.2) is 0 Å². The number of hydrogen-bond donors (Lipinski definition) is 3. The number of nitrogens with zero attached hydrogens (tertiary/aromatic N) is 4. The van der Waals surface area contributed by atoms with Gasteiger partial charge in [-0.1, -0.05) is 5.16 Å². The highest BCUT2D eigenvalue weighted by molar-refractivity contribution is 6.01. The Morgan fingerprint density at radius 1 is 1.53 bits per heavy atom. The summed E-state index contributed by atoms with van der Waals surface area (Å²) in [6, 6.07) is 2.08. The number of amidine groups is 1. The van der Waals surface area contributed by atoms with E-state index in [0.29, 0.717) is 30.4 Å². The van der Waals surface area contributed by atoms with E-state index >= 15 is 0 Å². The van der Waals surface area contributed by atoms with Crippen molar-refractivity contribution in [1.29, 1.82) is 0 Å². The Balaban J connectivity index is 2.29. The number of rotatable bonds is 6. The van der Waals surface area contributed by atoms with Crippen LogP contribution in [0, 0.1) is 0 Å². The predicted octanol–water partition coefficient (Wildman–Crippen LogP) is 0.312. The number of aliphatic hydroxyl groups is 1. The molecule has 1 aromatic rings. The number of anilines is 1. The van der Waals surface area contributed by atoms with Crippen molar-refractivity contribution in [2.24, 2.45) is 10.9 Å². The summed E-state index contributed by atoms with van der Waals surface area (Å²) in [5, 5.41) is 28.9. The third-order valence-electron chi connectivity index (χ3n) is 3.43.